The van der Waals surface area contributed by atoms with E-state index in [1.807, 2.05) is 24.3 Å². The average Bonchev–Trinajstić information content (AvgIpc) is 3.04. The van der Waals surface area contributed by atoms with Crippen molar-refractivity contribution in [1.82, 2.24) is 5.32 Å². The standard InChI is InChI=1S/C17H23N3O3.ClH/c18-12-17(6-9-23-10-7-17)16(22)19-11-15(21)20-8-5-13-3-1-2-4-14(13)20;/h1-4H,5-12,18H2,(H,19,22);1H. The highest BCUT2D eigenvalue weighted by atomic mass is 35.5. The summed E-state index contributed by atoms with van der Waals surface area (Å²) >= 11 is 0. The summed E-state index contributed by atoms with van der Waals surface area (Å²) in [5.74, 6) is -0.216. The molecule has 0 spiro atoms. The van der Waals surface area contributed by atoms with Crippen molar-refractivity contribution in [1.29, 1.82) is 0 Å². The maximum absolute atomic E-state index is 12.5. The Hall–Kier alpha value is -1.63. The second kappa shape index (κ2) is 7.96. The van der Waals surface area contributed by atoms with Gasteiger partial charge in [0.25, 0.3) is 0 Å². The highest BCUT2D eigenvalue weighted by Crippen LogP contribution is 2.30. The van der Waals surface area contributed by atoms with Crippen LogP contribution in [0.5, 0.6) is 0 Å². The monoisotopic (exact) mass is 353 g/mol. The lowest BCUT2D eigenvalue weighted by Crippen LogP contribution is -2.51. The minimum Gasteiger partial charge on any atom is -0.381 e. The molecule has 24 heavy (non-hydrogen) atoms. The van der Waals surface area contributed by atoms with Crippen molar-refractivity contribution in [3.05, 3.63) is 29.8 Å². The second-order valence-electron chi connectivity index (χ2n) is 6.20. The summed E-state index contributed by atoms with van der Waals surface area (Å²) in [4.78, 5) is 26.7. The minimum absolute atomic E-state index is 0. The van der Waals surface area contributed by atoms with E-state index in [0.717, 1.165) is 12.1 Å². The predicted molar refractivity (Wildman–Crippen MR) is 94.3 cm³/mol. The summed E-state index contributed by atoms with van der Waals surface area (Å²) in [6.07, 6.45) is 2.08. The quantitative estimate of drug-likeness (QED) is 0.841. The van der Waals surface area contributed by atoms with Crippen molar-refractivity contribution >= 4 is 29.9 Å². The van der Waals surface area contributed by atoms with Crippen molar-refractivity contribution in [2.45, 2.75) is 19.3 Å². The van der Waals surface area contributed by atoms with Crippen LogP contribution in [0.25, 0.3) is 0 Å². The summed E-state index contributed by atoms with van der Waals surface area (Å²) in [7, 11) is 0. The van der Waals surface area contributed by atoms with Crippen molar-refractivity contribution in [3.63, 3.8) is 0 Å². The molecule has 6 nitrogen and oxygen atoms in total. The topological polar surface area (TPSA) is 84.7 Å². The fourth-order valence-corrected chi connectivity index (χ4v) is 3.32. The number of fused-ring (bicyclic) bond motifs is 1. The van der Waals surface area contributed by atoms with Gasteiger partial charge in [-0.1, -0.05) is 18.2 Å². The van der Waals surface area contributed by atoms with Crippen molar-refractivity contribution < 1.29 is 14.3 Å². The first-order valence-electron chi connectivity index (χ1n) is 8.11. The Balaban J connectivity index is 0.00000208. The van der Waals surface area contributed by atoms with Gasteiger partial charge in [0.15, 0.2) is 0 Å². The number of carbonyl (C=O) groups is 2. The largest absolute Gasteiger partial charge is 0.381 e. The van der Waals surface area contributed by atoms with Crippen molar-refractivity contribution in [3.8, 4) is 0 Å². The van der Waals surface area contributed by atoms with Crippen molar-refractivity contribution in [2.75, 3.05) is 37.7 Å². The highest BCUT2D eigenvalue weighted by Gasteiger charge is 2.39. The Labute approximate surface area is 148 Å². The molecule has 0 saturated carbocycles. The lowest BCUT2D eigenvalue weighted by Gasteiger charge is -2.34. The van der Waals surface area contributed by atoms with Crippen LogP contribution in [0.15, 0.2) is 24.3 Å². The van der Waals surface area contributed by atoms with Crippen LogP contribution >= 0.6 is 12.4 Å². The lowest BCUT2D eigenvalue weighted by molar-refractivity contribution is -0.137. The van der Waals surface area contributed by atoms with Gasteiger partial charge in [-0.25, -0.2) is 0 Å². The van der Waals surface area contributed by atoms with E-state index in [2.05, 4.69) is 5.32 Å². The van der Waals surface area contributed by atoms with E-state index in [4.69, 9.17) is 10.5 Å². The number of nitrogens with zero attached hydrogens (tertiary/aromatic N) is 1. The van der Waals surface area contributed by atoms with E-state index < -0.39 is 5.41 Å². The lowest BCUT2D eigenvalue weighted by atomic mass is 9.79. The normalized spacial score (nSPS) is 18.5. The van der Waals surface area contributed by atoms with Gasteiger partial charge in [-0.2, -0.15) is 0 Å². The fraction of sp³-hybridized carbons (Fsp3) is 0.529. The SMILES string of the molecule is Cl.NCC1(C(=O)NCC(=O)N2CCc3ccccc32)CCOCC1. The Morgan fingerprint density at radius 1 is 1.25 bits per heavy atom. The number of rotatable bonds is 4. The maximum Gasteiger partial charge on any atom is 0.246 e. The van der Waals surface area contributed by atoms with Crippen molar-refractivity contribution in [2.24, 2.45) is 11.1 Å². The molecule has 0 atom stereocenters. The molecule has 0 bridgehead atoms. The van der Waals surface area contributed by atoms with Crippen LogP contribution in [0.2, 0.25) is 0 Å². The number of nitrogens with one attached hydrogen (secondary N) is 1. The molecule has 3 rings (SSSR count). The molecule has 0 aromatic heterocycles. The molecular formula is C17H24ClN3O3. The zero-order chi connectivity index (χ0) is 16.3. The van der Waals surface area contributed by atoms with Gasteiger partial charge < -0.3 is 20.7 Å². The van der Waals surface area contributed by atoms with Gasteiger partial charge >= 0.3 is 0 Å². The summed E-state index contributed by atoms with van der Waals surface area (Å²) in [5.41, 5.74) is 7.35. The van der Waals surface area contributed by atoms with Gasteiger partial charge in [-0.3, -0.25) is 9.59 Å². The Morgan fingerprint density at radius 3 is 2.67 bits per heavy atom. The molecule has 0 aliphatic carbocycles. The van der Waals surface area contributed by atoms with E-state index in [1.165, 1.54) is 5.56 Å². The Kier molecular flexibility index (Phi) is 6.21. The molecule has 2 heterocycles. The first kappa shape index (κ1) is 18.7. The van der Waals surface area contributed by atoms with E-state index in [1.54, 1.807) is 4.90 Å². The number of nitrogens with two attached hydrogens (primary N) is 1. The number of hydrogen-bond donors (Lipinski definition) is 2. The van der Waals surface area contributed by atoms with Gasteiger partial charge in [0.2, 0.25) is 11.8 Å². The maximum atomic E-state index is 12.5. The van der Waals surface area contributed by atoms with Crippen LogP contribution in [-0.2, 0) is 20.7 Å². The third-order valence-electron chi connectivity index (χ3n) is 4.91. The molecular weight excluding hydrogens is 330 g/mol. The fourth-order valence-electron chi connectivity index (χ4n) is 3.32. The molecule has 132 valence electrons. The number of anilines is 1. The molecule has 7 heteroatoms. The van der Waals surface area contributed by atoms with Gasteiger partial charge in [-0.15, -0.1) is 12.4 Å². The van der Waals surface area contributed by atoms with Gasteiger partial charge in [-0.05, 0) is 30.9 Å². The van der Waals surface area contributed by atoms with Gasteiger partial charge in [0.1, 0.15) is 0 Å². The number of benzene rings is 1. The number of ether oxygens (including phenoxy) is 1. The van der Waals surface area contributed by atoms with Crippen LogP contribution < -0.4 is 16.0 Å². The van der Waals surface area contributed by atoms with Crippen LogP contribution in [0, 0.1) is 5.41 Å². The minimum atomic E-state index is -0.596. The van der Waals surface area contributed by atoms with Gasteiger partial charge in [0.05, 0.1) is 12.0 Å². The average molecular weight is 354 g/mol. The van der Waals surface area contributed by atoms with Crippen LogP contribution in [0.4, 0.5) is 5.69 Å². The number of para-hydroxylation sites is 1. The molecule has 1 aromatic rings. The molecule has 0 unspecified atom stereocenters. The van der Waals surface area contributed by atoms with Crippen LogP contribution in [0.1, 0.15) is 18.4 Å². The number of hydrogen-bond acceptors (Lipinski definition) is 4. The summed E-state index contributed by atoms with van der Waals surface area (Å²) in [6, 6.07) is 7.88. The Bertz CT molecular complexity index is 602. The van der Waals surface area contributed by atoms with E-state index in [0.29, 0.717) is 32.6 Å². The molecule has 2 amide bonds. The predicted octanol–water partition coefficient (Wildman–Crippen LogP) is 0.869. The molecule has 2 aliphatic heterocycles. The van der Waals surface area contributed by atoms with E-state index in [9.17, 15) is 9.59 Å². The van der Waals surface area contributed by atoms with Crippen LogP contribution in [0.3, 0.4) is 0 Å². The third kappa shape index (κ3) is 3.55. The van der Waals surface area contributed by atoms with E-state index in [-0.39, 0.29) is 37.3 Å². The van der Waals surface area contributed by atoms with E-state index >= 15 is 0 Å². The second-order valence-corrected chi connectivity index (χ2v) is 6.20. The molecule has 1 saturated heterocycles. The molecule has 1 fully saturated rings. The summed E-state index contributed by atoms with van der Waals surface area (Å²) < 4.78 is 5.31. The number of amides is 2. The Morgan fingerprint density at radius 2 is 1.96 bits per heavy atom. The zero-order valence-corrected chi connectivity index (χ0v) is 14.4. The summed E-state index contributed by atoms with van der Waals surface area (Å²) in [5, 5.41) is 2.79. The van der Waals surface area contributed by atoms with Crippen LogP contribution in [-0.4, -0.2) is 44.7 Å². The first-order valence-corrected chi connectivity index (χ1v) is 8.11. The summed E-state index contributed by atoms with van der Waals surface area (Å²) in [6.45, 7) is 2.04. The smallest absolute Gasteiger partial charge is 0.246 e. The molecule has 1 aromatic carbocycles. The first-order chi connectivity index (χ1) is 11.2. The third-order valence-corrected chi connectivity index (χ3v) is 4.91. The highest BCUT2D eigenvalue weighted by molar-refractivity contribution is 5.98. The molecule has 3 N–H and O–H groups in total. The zero-order valence-electron chi connectivity index (χ0n) is 13.6. The number of carbonyl (C=O) groups excluding carboxylic acids is 2. The molecule has 2 aliphatic rings. The van der Waals surface area contributed by atoms with Gasteiger partial charge in [0, 0.05) is 32.0 Å². The number of halogens is 1. The molecule has 0 radical (unpaired) electrons.